The van der Waals surface area contributed by atoms with E-state index in [4.69, 9.17) is 0 Å². The van der Waals surface area contributed by atoms with E-state index >= 15 is 0 Å². The highest BCUT2D eigenvalue weighted by Crippen LogP contribution is 2.22. The fourth-order valence-electron chi connectivity index (χ4n) is 2.05. The average Bonchev–Trinajstić information content (AvgIpc) is 2.55. The van der Waals surface area contributed by atoms with Gasteiger partial charge in [-0.1, -0.05) is 42.5 Å². The van der Waals surface area contributed by atoms with Gasteiger partial charge < -0.3 is 0 Å². The van der Waals surface area contributed by atoms with Gasteiger partial charge in [0.05, 0.1) is 16.0 Å². The van der Waals surface area contributed by atoms with Crippen molar-refractivity contribution in [1.82, 2.24) is 4.83 Å². The Labute approximate surface area is 145 Å². The maximum absolute atomic E-state index is 12.2. The van der Waals surface area contributed by atoms with E-state index in [-0.39, 0.29) is 10.6 Å². The molecule has 130 valence electrons. The summed E-state index contributed by atoms with van der Waals surface area (Å²) in [5.41, 5.74) is 1.83. The summed E-state index contributed by atoms with van der Waals surface area (Å²) in [6.45, 7) is 3.32. The molecule has 0 atom stereocenters. The standard InChI is InChI=1S/C17H17N3O4S/c1-13(10-15-6-4-3-5-7-15)12-18-19-25(23,24)16-9-8-14(2)17(11-16)20(21)22/h3-12,19H,1-2H3/b13-10+,18-12-. The fraction of sp³-hybridized carbons (Fsp3) is 0.118. The normalized spacial score (nSPS) is 12.3. The molecule has 0 bridgehead atoms. The van der Waals surface area contributed by atoms with Gasteiger partial charge in [0, 0.05) is 11.6 Å². The Kier molecular flexibility index (Phi) is 5.66. The van der Waals surface area contributed by atoms with Crippen LogP contribution in [-0.4, -0.2) is 19.6 Å². The molecule has 8 heteroatoms. The van der Waals surface area contributed by atoms with Crippen molar-refractivity contribution in [3.05, 3.63) is 75.3 Å². The maximum Gasteiger partial charge on any atom is 0.276 e. The van der Waals surface area contributed by atoms with E-state index in [9.17, 15) is 18.5 Å². The van der Waals surface area contributed by atoms with Gasteiger partial charge in [-0.3, -0.25) is 10.1 Å². The van der Waals surface area contributed by atoms with Crippen molar-refractivity contribution in [3.8, 4) is 0 Å². The molecule has 0 saturated heterocycles. The molecule has 2 aromatic carbocycles. The van der Waals surface area contributed by atoms with Crippen LogP contribution in [0, 0.1) is 17.0 Å². The van der Waals surface area contributed by atoms with Crippen LogP contribution in [0.5, 0.6) is 0 Å². The molecular weight excluding hydrogens is 342 g/mol. The van der Waals surface area contributed by atoms with Crippen LogP contribution >= 0.6 is 0 Å². The van der Waals surface area contributed by atoms with Crippen molar-refractivity contribution in [3.63, 3.8) is 0 Å². The van der Waals surface area contributed by atoms with Crippen LogP contribution in [0.2, 0.25) is 0 Å². The van der Waals surface area contributed by atoms with E-state index < -0.39 is 14.9 Å². The Bertz CT molecular complexity index is 936. The van der Waals surface area contributed by atoms with Gasteiger partial charge in [0.1, 0.15) is 0 Å². The lowest BCUT2D eigenvalue weighted by Crippen LogP contribution is -2.18. The zero-order valence-electron chi connectivity index (χ0n) is 13.7. The second-order valence-electron chi connectivity index (χ2n) is 5.36. The summed E-state index contributed by atoms with van der Waals surface area (Å²) in [6, 6.07) is 13.2. The number of hydrogen-bond donors (Lipinski definition) is 1. The van der Waals surface area contributed by atoms with E-state index in [1.54, 1.807) is 6.92 Å². The average molecular weight is 359 g/mol. The van der Waals surface area contributed by atoms with Crippen molar-refractivity contribution >= 4 is 28.0 Å². The van der Waals surface area contributed by atoms with Gasteiger partial charge in [0.2, 0.25) is 0 Å². The SMILES string of the molecule is CC(/C=N\NS(=O)(=O)c1ccc(C)c([N+](=O)[O-])c1)=C\c1ccccc1. The summed E-state index contributed by atoms with van der Waals surface area (Å²) in [6.07, 6.45) is 3.21. The second-order valence-corrected chi connectivity index (χ2v) is 7.02. The smallest absolute Gasteiger partial charge is 0.258 e. The van der Waals surface area contributed by atoms with Crippen molar-refractivity contribution in [2.45, 2.75) is 18.7 Å². The molecule has 0 aliphatic rings. The van der Waals surface area contributed by atoms with E-state index in [2.05, 4.69) is 9.93 Å². The van der Waals surface area contributed by atoms with Gasteiger partial charge in [-0.05, 0) is 31.1 Å². The minimum absolute atomic E-state index is 0.216. The first kappa shape index (κ1) is 18.3. The van der Waals surface area contributed by atoms with Gasteiger partial charge >= 0.3 is 0 Å². The number of rotatable bonds is 6. The number of nitro benzene ring substituents is 1. The summed E-state index contributed by atoms with van der Waals surface area (Å²) >= 11 is 0. The van der Waals surface area contributed by atoms with E-state index in [0.29, 0.717) is 5.56 Å². The van der Waals surface area contributed by atoms with Crippen LogP contribution in [-0.2, 0) is 10.0 Å². The molecule has 1 N–H and O–H groups in total. The molecule has 0 aliphatic carbocycles. The molecule has 2 aromatic rings. The monoisotopic (exact) mass is 359 g/mol. The maximum atomic E-state index is 12.2. The van der Waals surface area contributed by atoms with E-state index in [1.165, 1.54) is 25.3 Å². The number of sulfonamides is 1. The summed E-state index contributed by atoms with van der Waals surface area (Å²) in [7, 11) is -3.98. The van der Waals surface area contributed by atoms with Crippen LogP contribution in [0.3, 0.4) is 0 Å². The van der Waals surface area contributed by atoms with Crippen molar-refractivity contribution in [2.75, 3.05) is 0 Å². The molecule has 7 nitrogen and oxygen atoms in total. The van der Waals surface area contributed by atoms with Crippen LogP contribution in [0.1, 0.15) is 18.1 Å². The third kappa shape index (κ3) is 4.98. The van der Waals surface area contributed by atoms with Crippen molar-refractivity contribution < 1.29 is 13.3 Å². The van der Waals surface area contributed by atoms with Crippen LogP contribution in [0.25, 0.3) is 6.08 Å². The molecule has 0 spiro atoms. The predicted octanol–water partition coefficient (Wildman–Crippen LogP) is 3.27. The Morgan fingerprint density at radius 1 is 1.20 bits per heavy atom. The molecule has 0 fully saturated rings. The van der Waals surface area contributed by atoms with Crippen LogP contribution in [0.15, 0.2) is 64.1 Å². The number of aryl methyl sites for hydroxylation is 1. The Balaban J connectivity index is 2.15. The first-order valence-electron chi connectivity index (χ1n) is 7.33. The number of benzene rings is 2. The van der Waals surface area contributed by atoms with Gasteiger partial charge in [0.25, 0.3) is 15.7 Å². The molecule has 0 unspecified atom stereocenters. The third-order valence-electron chi connectivity index (χ3n) is 3.32. The quantitative estimate of drug-likeness (QED) is 0.486. The number of nitro groups is 1. The van der Waals surface area contributed by atoms with E-state index in [0.717, 1.165) is 17.2 Å². The molecule has 0 saturated carbocycles. The lowest BCUT2D eigenvalue weighted by atomic mass is 10.1. The van der Waals surface area contributed by atoms with Gasteiger partial charge in [-0.15, -0.1) is 0 Å². The summed E-state index contributed by atoms with van der Waals surface area (Å²) in [5, 5.41) is 14.6. The Morgan fingerprint density at radius 3 is 2.52 bits per heavy atom. The number of allylic oxidation sites excluding steroid dienone is 1. The molecule has 2 rings (SSSR count). The molecule has 0 heterocycles. The molecule has 0 aromatic heterocycles. The predicted molar refractivity (Wildman–Crippen MR) is 96.7 cm³/mol. The molecule has 0 aliphatic heterocycles. The summed E-state index contributed by atoms with van der Waals surface area (Å²) in [5.74, 6) is 0. The number of nitrogens with zero attached hydrogens (tertiary/aromatic N) is 2. The van der Waals surface area contributed by atoms with E-state index in [1.807, 2.05) is 36.4 Å². The first-order valence-corrected chi connectivity index (χ1v) is 8.81. The minimum Gasteiger partial charge on any atom is -0.258 e. The zero-order valence-corrected chi connectivity index (χ0v) is 14.5. The van der Waals surface area contributed by atoms with Crippen LogP contribution in [0.4, 0.5) is 5.69 Å². The third-order valence-corrected chi connectivity index (χ3v) is 4.54. The minimum atomic E-state index is -3.98. The molecular formula is C17H17N3O4S. The zero-order chi connectivity index (χ0) is 18.4. The highest BCUT2D eigenvalue weighted by Gasteiger charge is 2.19. The lowest BCUT2D eigenvalue weighted by molar-refractivity contribution is -0.385. The highest BCUT2D eigenvalue weighted by molar-refractivity contribution is 7.89. The van der Waals surface area contributed by atoms with Gasteiger partial charge in [-0.25, -0.2) is 4.83 Å². The number of hydrogen-bond acceptors (Lipinski definition) is 5. The van der Waals surface area contributed by atoms with Gasteiger partial charge in [-0.2, -0.15) is 13.5 Å². The first-order chi connectivity index (χ1) is 11.8. The van der Waals surface area contributed by atoms with Crippen LogP contribution < -0.4 is 4.83 Å². The molecule has 0 amide bonds. The van der Waals surface area contributed by atoms with Gasteiger partial charge in [0.15, 0.2) is 0 Å². The largest absolute Gasteiger partial charge is 0.276 e. The molecule has 25 heavy (non-hydrogen) atoms. The molecule has 0 radical (unpaired) electrons. The Morgan fingerprint density at radius 2 is 1.88 bits per heavy atom. The number of hydrazone groups is 1. The summed E-state index contributed by atoms with van der Waals surface area (Å²) in [4.78, 5) is 12.2. The summed E-state index contributed by atoms with van der Waals surface area (Å²) < 4.78 is 24.4. The Hall–Kier alpha value is -3.00. The topological polar surface area (TPSA) is 102 Å². The fourth-order valence-corrected chi connectivity index (χ4v) is 2.86. The highest BCUT2D eigenvalue weighted by atomic mass is 32.2. The van der Waals surface area contributed by atoms with Crippen molar-refractivity contribution in [2.24, 2.45) is 5.10 Å². The lowest BCUT2D eigenvalue weighted by Gasteiger charge is -2.04. The number of nitrogens with one attached hydrogen (secondary N) is 1. The second kappa shape index (κ2) is 7.71. The van der Waals surface area contributed by atoms with Crippen molar-refractivity contribution in [1.29, 1.82) is 0 Å².